The van der Waals surface area contributed by atoms with E-state index in [1.165, 1.54) is 28.5 Å². The molecule has 0 bridgehead atoms. The van der Waals surface area contributed by atoms with Crippen LogP contribution >= 0.6 is 0 Å². The van der Waals surface area contributed by atoms with Crippen molar-refractivity contribution in [1.29, 1.82) is 5.26 Å². The standard InChI is InChI=1S/C23H22N4O4/c1-15(21(28)26(3)14-6-13-24)31-23(30)17-9-11-18(12-10-17)27-16(2)25-20-8-5-4-7-19(20)22(27)29/h4-5,7-12,15H,6,14H2,1-3H3/t15-/m1/s1. The zero-order chi connectivity index (χ0) is 22.5. The fourth-order valence-corrected chi connectivity index (χ4v) is 3.21. The lowest BCUT2D eigenvalue weighted by Gasteiger charge is -2.20. The normalized spacial score (nSPS) is 11.5. The number of hydrogen-bond acceptors (Lipinski definition) is 6. The summed E-state index contributed by atoms with van der Waals surface area (Å²) in [6.07, 6.45) is -0.780. The fraction of sp³-hybridized carbons (Fsp3) is 0.261. The van der Waals surface area contributed by atoms with Gasteiger partial charge in [0.05, 0.1) is 34.6 Å². The van der Waals surface area contributed by atoms with Crippen LogP contribution in [0.15, 0.2) is 53.3 Å². The number of benzene rings is 2. The Hall–Kier alpha value is -3.99. The van der Waals surface area contributed by atoms with E-state index in [1.807, 2.05) is 12.1 Å². The van der Waals surface area contributed by atoms with Crippen LogP contribution in [0.3, 0.4) is 0 Å². The molecule has 158 valence electrons. The molecule has 1 atom stereocenters. The number of likely N-dealkylation sites (N-methyl/N-ethyl adjacent to an activating group) is 1. The van der Waals surface area contributed by atoms with Crippen molar-refractivity contribution in [3.63, 3.8) is 0 Å². The fourth-order valence-electron chi connectivity index (χ4n) is 3.21. The van der Waals surface area contributed by atoms with Gasteiger partial charge < -0.3 is 9.64 Å². The molecule has 0 aliphatic carbocycles. The second-order valence-electron chi connectivity index (χ2n) is 7.08. The third-order valence-corrected chi connectivity index (χ3v) is 4.87. The molecule has 0 unspecified atom stereocenters. The highest BCUT2D eigenvalue weighted by molar-refractivity contribution is 5.92. The minimum absolute atomic E-state index is 0.196. The highest BCUT2D eigenvalue weighted by Crippen LogP contribution is 2.14. The van der Waals surface area contributed by atoms with Gasteiger partial charge in [0.1, 0.15) is 5.82 Å². The molecule has 3 rings (SSSR count). The summed E-state index contributed by atoms with van der Waals surface area (Å²) in [6.45, 7) is 3.49. The largest absolute Gasteiger partial charge is 0.449 e. The van der Waals surface area contributed by atoms with Gasteiger partial charge in [0.15, 0.2) is 6.10 Å². The third-order valence-electron chi connectivity index (χ3n) is 4.87. The first-order chi connectivity index (χ1) is 14.8. The van der Waals surface area contributed by atoms with Gasteiger partial charge in [-0.3, -0.25) is 14.2 Å². The number of aromatic nitrogens is 2. The second kappa shape index (κ2) is 9.22. The molecule has 0 aliphatic heterocycles. The number of hydrogen-bond donors (Lipinski definition) is 0. The quantitative estimate of drug-likeness (QED) is 0.570. The van der Waals surface area contributed by atoms with E-state index in [2.05, 4.69) is 4.98 Å². The summed E-state index contributed by atoms with van der Waals surface area (Å²) < 4.78 is 6.74. The predicted octanol–water partition coefficient (Wildman–Crippen LogP) is 2.61. The van der Waals surface area contributed by atoms with E-state index in [9.17, 15) is 14.4 Å². The lowest BCUT2D eigenvalue weighted by molar-refractivity contribution is -0.138. The van der Waals surface area contributed by atoms with Crippen molar-refractivity contribution in [2.24, 2.45) is 0 Å². The van der Waals surface area contributed by atoms with E-state index < -0.39 is 12.1 Å². The number of carbonyl (C=O) groups excluding carboxylic acids is 2. The molecule has 31 heavy (non-hydrogen) atoms. The average Bonchev–Trinajstić information content (AvgIpc) is 2.77. The number of aryl methyl sites for hydroxylation is 1. The minimum atomic E-state index is -0.981. The Kier molecular flexibility index (Phi) is 6.46. The average molecular weight is 418 g/mol. The van der Waals surface area contributed by atoms with Gasteiger partial charge in [-0.15, -0.1) is 0 Å². The van der Waals surface area contributed by atoms with Crippen LogP contribution in [0.1, 0.15) is 29.5 Å². The number of nitriles is 1. The van der Waals surface area contributed by atoms with Crippen LogP contribution in [0.5, 0.6) is 0 Å². The monoisotopic (exact) mass is 418 g/mol. The predicted molar refractivity (Wildman–Crippen MR) is 115 cm³/mol. The molecular weight excluding hydrogens is 396 g/mol. The molecule has 0 aliphatic rings. The minimum Gasteiger partial charge on any atom is -0.449 e. The van der Waals surface area contributed by atoms with Crippen molar-refractivity contribution in [2.45, 2.75) is 26.4 Å². The molecule has 1 amide bonds. The summed E-state index contributed by atoms with van der Waals surface area (Å²) >= 11 is 0. The molecule has 8 nitrogen and oxygen atoms in total. The van der Waals surface area contributed by atoms with E-state index in [4.69, 9.17) is 10.00 Å². The SMILES string of the molecule is Cc1nc2ccccc2c(=O)n1-c1ccc(C(=O)O[C@H](C)C(=O)N(C)CCC#N)cc1. The molecule has 8 heteroatoms. The number of fused-ring (bicyclic) bond motifs is 1. The van der Waals surface area contributed by atoms with Crippen molar-refractivity contribution < 1.29 is 14.3 Å². The number of carbonyl (C=O) groups is 2. The van der Waals surface area contributed by atoms with Crippen LogP contribution < -0.4 is 5.56 Å². The van der Waals surface area contributed by atoms with Gasteiger partial charge in [-0.2, -0.15) is 5.26 Å². The maximum atomic E-state index is 12.9. The zero-order valence-electron chi connectivity index (χ0n) is 17.5. The molecule has 0 fully saturated rings. The molecular formula is C23H22N4O4. The van der Waals surface area contributed by atoms with Crippen molar-refractivity contribution >= 4 is 22.8 Å². The summed E-state index contributed by atoms with van der Waals surface area (Å²) in [6, 6.07) is 15.4. The first-order valence-electron chi connectivity index (χ1n) is 9.75. The number of esters is 1. The Morgan fingerprint density at radius 2 is 1.87 bits per heavy atom. The molecule has 0 radical (unpaired) electrons. The molecule has 0 spiro atoms. The number of rotatable bonds is 6. The molecule has 3 aromatic rings. The number of nitrogens with zero attached hydrogens (tertiary/aromatic N) is 4. The van der Waals surface area contributed by atoms with Crippen LogP contribution in [0.2, 0.25) is 0 Å². The Balaban J connectivity index is 1.79. The van der Waals surface area contributed by atoms with Crippen molar-refractivity contribution in [3.05, 3.63) is 70.3 Å². The number of para-hydroxylation sites is 1. The van der Waals surface area contributed by atoms with Crippen LogP contribution in [0.25, 0.3) is 16.6 Å². The smallest absolute Gasteiger partial charge is 0.338 e. The van der Waals surface area contributed by atoms with Gasteiger partial charge in [0.2, 0.25) is 0 Å². The lowest BCUT2D eigenvalue weighted by Crippen LogP contribution is -2.37. The van der Waals surface area contributed by atoms with Crippen LogP contribution in [0, 0.1) is 18.3 Å². The molecule has 2 aromatic carbocycles. The second-order valence-corrected chi connectivity index (χ2v) is 7.08. The summed E-state index contributed by atoms with van der Waals surface area (Å²) in [5.74, 6) is -0.509. The van der Waals surface area contributed by atoms with Gasteiger partial charge in [-0.05, 0) is 50.2 Å². The maximum Gasteiger partial charge on any atom is 0.338 e. The van der Waals surface area contributed by atoms with E-state index >= 15 is 0 Å². The first-order valence-corrected chi connectivity index (χ1v) is 9.75. The topological polar surface area (TPSA) is 105 Å². The summed E-state index contributed by atoms with van der Waals surface area (Å²) in [4.78, 5) is 43.4. The highest BCUT2D eigenvalue weighted by Gasteiger charge is 2.22. The highest BCUT2D eigenvalue weighted by atomic mass is 16.5. The Labute approximate surface area is 179 Å². The van der Waals surface area contributed by atoms with Gasteiger partial charge in [-0.1, -0.05) is 12.1 Å². The van der Waals surface area contributed by atoms with Crippen LogP contribution in [-0.4, -0.2) is 46.0 Å². The van der Waals surface area contributed by atoms with E-state index in [-0.39, 0.29) is 30.0 Å². The Morgan fingerprint density at radius 1 is 1.19 bits per heavy atom. The first kappa shape index (κ1) is 21.7. The van der Waals surface area contributed by atoms with Gasteiger partial charge in [0.25, 0.3) is 11.5 Å². The van der Waals surface area contributed by atoms with Crippen molar-refractivity contribution in [1.82, 2.24) is 14.5 Å². The zero-order valence-corrected chi connectivity index (χ0v) is 17.5. The van der Waals surface area contributed by atoms with Crippen LogP contribution in [-0.2, 0) is 9.53 Å². The summed E-state index contributed by atoms with van der Waals surface area (Å²) in [7, 11) is 1.55. The third kappa shape index (κ3) is 4.61. The van der Waals surface area contributed by atoms with Gasteiger partial charge in [-0.25, -0.2) is 9.78 Å². The molecule has 0 saturated carbocycles. The molecule has 0 saturated heterocycles. The van der Waals surface area contributed by atoms with E-state index in [0.29, 0.717) is 22.4 Å². The summed E-state index contributed by atoms with van der Waals surface area (Å²) in [5, 5.41) is 9.13. The van der Waals surface area contributed by atoms with Crippen LogP contribution in [0.4, 0.5) is 0 Å². The molecule has 0 N–H and O–H groups in total. The van der Waals surface area contributed by atoms with E-state index in [0.717, 1.165) is 0 Å². The van der Waals surface area contributed by atoms with Crippen molar-refractivity contribution in [3.8, 4) is 11.8 Å². The van der Waals surface area contributed by atoms with Gasteiger partial charge in [0, 0.05) is 13.6 Å². The molecule has 1 heterocycles. The molecule has 1 aromatic heterocycles. The van der Waals surface area contributed by atoms with Gasteiger partial charge >= 0.3 is 5.97 Å². The number of ether oxygens (including phenoxy) is 1. The Bertz CT molecular complexity index is 1230. The number of amides is 1. The van der Waals surface area contributed by atoms with Crippen molar-refractivity contribution in [2.75, 3.05) is 13.6 Å². The maximum absolute atomic E-state index is 12.9. The van der Waals surface area contributed by atoms with E-state index in [1.54, 1.807) is 44.3 Å². The summed E-state index contributed by atoms with van der Waals surface area (Å²) in [5.41, 5.74) is 1.25. The lowest BCUT2D eigenvalue weighted by atomic mass is 10.2. The Morgan fingerprint density at radius 3 is 2.55 bits per heavy atom.